The summed E-state index contributed by atoms with van der Waals surface area (Å²) in [5.74, 6) is 0.683. The highest BCUT2D eigenvalue weighted by atomic mass is 16.1. The van der Waals surface area contributed by atoms with Crippen molar-refractivity contribution in [2.75, 3.05) is 5.32 Å². The number of rotatable bonds is 5. The van der Waals surface area contributed by atoms with Gasteiger partial charge in [0, 0.05) is 18.2 Å². The second kappa shape index (κ2) is 6.49. The molecule has 0 aliphatic rings. The van der Waals surface area contributed by atoms with Crippen molar-refractivity contribution in [3.05, 3.63) is 35.8 Å². The van der Waals surface area contributed by atoms with Crippen LogP contribution in [0.4, 0.5) is 5.69 Å². The standard InChI is InChI=1S/C15H21N5O/c1-10(16)4-7-15(21)18-13-5-6-14(17-9-13)20-12(3)8-11(2)19-20/h5-6,8-10H,4,7,16H2,1-3H3,(H,18,21). The van der Waals surface area contributed by atoms with Crippen molar-refractivity contribution in [2.24, 2.45) is 5.73 Å². The second-order valence-electron chi connectivity index (χ2n) is 5.31. The smallest absolute Gasteiger partial charge is 0.224 e. The Morgan fingerprint density at radius 1 is 1.43 bits per heavy atom. The summed E-state index contributed by atoms with van der Waals surface area (Å²) in [5, 5.41) is 7.18. The summed E-state index contributed by atoms with van der Waals surface area (Å²) in [7, 11) is 0. The van der Waals surface area contributed by atoms with Crippen LogP contribution in [0.5, 0.6) is 0 Å². The lowest BCUT2D eigenvalue weighted by atomic mass is 10.2. The normalized spacial score (nSPS) is 12.2. The molecule has 0 aliphatic heterocycles. The van der Waals surface area contributed by atoms with Crippen LogP contribution in [0.3, 0.4) is 0 Å². The lowest BCUT2D eigenvalue weighted by Gasteiger charge is -2.08. The number of carbonyl (C=O) groups is 1. The van der Waals surface area contributed by atoms with E-state index in [1.54, 1.807) is 10.9 Å². The molecule has 2 aromatic rings. The highest BCUT2D eigenvalue weighted by Crippen LogP contribution is 2.13. The van der Waals surface area contributed by atoms with Crippen molar-refractivity contribution in [3.8, 4) is 5.82 Å². The molecule has 112 valence electrons. The van der Waals surface area contributed by atoms with E-state index in [0.29, 0.717) is 18.5 Å². The monoisotopic (exact) mass is 287 g/mol. The molecular weight excluding hydrogens is 266 g/mol. The number of hydrogen-bond acceptors (Lipinski definition) is 4. The second-order valence-corrected chi connectivity index (χ2v) is 5.31. The van der Waals surface area contributed by atoms with E-state index >= 15 is 0 Å². The maximum Gasteiger partial charge on any atom is 0.224 e. The first kappa shape index (κ1) is 15.2. The molecule has 0 saturated carbocycles. The van der Waals surface area contributed by atoms with Crippen molar-refractivity contribution in [1.82, 2.24) is 14.8 Å². The summed E-state index contributed by atoms with van der Waals surface area (Å²) in [4.78, 5) is 16.0. The Labute approximate surface area is 124 Å². The Morgan fingerprint density at radius 3 is 2.71 bits per heavy atom. The number of nitrogens with two attached hydrogens (primary N) is 1. The number of nitrogens with zero attached hydrogens (tertiary/aromatic N) is 3. The molecule has 1 unspecified atom stereocenters. The van der Waals surface area contributed by atoms with Crippen molar-refractivity contribution in [2.45, 2.75) is 39.7 Å². The van der Waals surface area contributed by atoms with Crippen LogP contribution in [-0.2, 0) is 4.79 Å². The van der Waals surface area contributed by atoms with Crippen LogP contribution in [0.25, 0.3) is 5.82 Å². The Morgan fingerprint density at radius 2 is 2.19 bits per heavy atom. The van der Waals surface area contributed by atoms with E-state index in [9.17, 15) is 4.79 Å². The summed E-state index contributed by atoms with van der Waals surface area (Å²) >= 11 is 0. The minimum Gasteiger partial charge on any atom is -0.328 e. The average Bonchev–Trinajstić information content (AvgIpc) is 2.76. The van der Waals surface area contributed by atoms with Gasteiger partial charge in [0.05, 0.1) is 17.6 Å². The lowest BCUT2D eigenvalue weighted by molar-refractivity contribution is -0.116. The Balaban J connectivity index is 2.02. The largest absolute Gasteiger partial charge is 0.328 e. The summed E-state index contributed by atoms with van der Waals surface area (Å²) in [6.45, 7) is 5.81. The van der Waals surface area contributed by atoms with E-state index in [1.807, 2.05) is 39.0 Å². The molecule has 0 saturated heterocycles. The van der Waals surface area contributed by atoms with E-state index in [0.717, 1.165) is 17.2 Å². The molecule has 6 heteroatoms. The third-order valence-electron chi connectivity index (χ3n) is 3.08. The van der Waals surface area contributed by atoms with Gasteiger partial charge in [-0.2, -0.15) is 5.10 Å². The number of pyridine rings is 1. The first-order valence-corrected chi connectivity index (χ1v) is 7.01. The quantitative estimate of drug-likeness (QED) is 0.880. The number of anilines is 1. The van der Waals surface area contributed by atoms with Crippen LogP contribution in [-0.4, -0.2) is 26.7 Å². The maximum atomic E-state index is 11.7. The topological polar surface area (TPSA) is 85.8 Å². The highest BCUT2D eigenvalue weighted by Gasteiger charge is 2.07. The van der Waals surface area contributed by atoms with Gasteiger partial charge in [-0.1, -0.05) is 0 Å². The number of amides is 1. The van der Waals surface area contributed by atoms with Crippen LogP contribution in [0.15, 0.2) is 24.4 Å². The highest BCUT2D eigenvalue weighted by molar-refractivity contribution is 5.90. The third-order valence-corrected chi connectivity index (χ3v) is 3.08. The molecule has 2 rings (SSSR count). The molecule has 0 aliphatic carbocycles. The molecular formula is C15H21N5O. The van der Waals surface area contributed by atoms with Gasteiger partial charge in [0.25, 0.3) is 0 Å². The van der Waals surface area contributed by atoms with Gasteiger partial charge in [0.1, 0.15) is 0 Å². The fraction of sp³-hybridized carbons (Fsp3) is 0.400. The van der Waals surface area contributed by atoms with E-state index in [4.69, 9.17) is 5.73 Å². The van der Waals surface area contributed by atoms with Crippen LogP contribution in [0.1, 0.15) is 31.2 Å². The van der Waals surface area contributed by atoms with Gasteiger partial charge in [0.2, 0.25) is 5.91 Å². The van der Waals surface area contributed by atoms with E-state index in [1.165, 1.54) is 0 Å². The molecule has 1 atom stereocenters. The summed E-state index contributed by atoms with van der Waals surface area (Å²) < 4.78 is 1.77. The summed E-state index contributed by atoms with van der Waals surface area (Å²) in [6.07, 6.45) is 2.72. The molecule has 0 radical (unpaired) electrons. The minimum atomic E-state index is -0.0482. The average molecular weight is 287 g/mol. The van der Waals surface area contributed by atoms with Crippen LogP contribution < -0.4 is 11.1 Å². The molecule has 0 spiro atoms. The van der Waals surface area contributed by atoms with Crippen molar-refractivity contribution < 1.29 is 4.79 Å². The van der Waals surface area contributed by atoms with Crippen LogP contribution in [0.2, 0.25) is 0 Å². The number of aromatic nitrogens is 3. The zero-order valence-electron chi connectivity index (χ0n) is 12.6. The first-order valence-electron chi connectivity index (χ1n) is 7.01. The number of carbonyl (C=O) groups excluding carboxylic acids is 1. The maximum absolute atomic E-state index is 11.7. The summed E-state index contributed by atoms with van der Waals surface area (Å²) in [5.41, 5.74) is 8.28. The lowest BCUT2D eigenvalue weighted by Crippen LogP contribution is -2.19. The molecule has 21 heavy (non-hydrogen) atoms. The molecule has 6 nitrogen and oxygen atoms in total. The first-order chi connectivity index (χ1) is 9.95. The SMILES string of the molecule is Cc1cc(C)n(-c2ccc(NC(=O)CCC(C)N)cn2)n1. The zero-order valence-corrected chi connectivity index (χ0v) is 12.6. The Kier molecular flexibility index (Phi) is 4.70. The molecule has 3 N–H and O–H groups in total. The fourth-order valence-corrected chi connectivity index (χ4v) is 2.03. The molecule has 2 heterocycles. The third kappa shape index (κ3) is 4.13. The van der Waals surface area contributed by atoms with Gasteiger partial charge >= 0.3 is 0 Å². The van der Waals surface area contributed by atoms with Crippen LogP contribution in [0, 0.1) is 13.8 Å². The molecule has 0 fully saturated rings. The Hall–Kier alpha value is -2.21. The minimum absolute atomic E-state index is 0.0299. The van der Waals surface area contributed by atoms with Crippen molar-refractivity contribution in [1.29, 1.82) is 0 Å². The predicted octanol–water partition coefficient (Wildman–Crippen LogP) is 1.95. The van der Waals surface area contributed by atoms with Crippen molar-refractivity contribution >= 4 is 11.6 Å². The molecule has 0 bridgehead atoms. The zero-order chi connectivity index (χ0) is 15.4. The molecule has 2 aromatic heterocycles. The molecule has 1 amide bonds. The molecule has 0 aromatic carbocycles. The van der Waals surface area contributed by atoms with Crippen LogP contribution >= 0.6 is 0 Å². The number of aryl methyl sites for hydroxylation is 2. The van der Waals surface area contributed by atoms with Gasteiger partial charge in [-0.15, -0.1) is 0 Å². The van der Waals surface area contributed by atoms with Gasteiger partial charge in [-0.3, -0.25) is 4.79 Å². The predicted molar refractivity (Wildman–Crippen MR) is 82.3 cm³/mol. The van der Waals surface area contributed by atoms with Gasteiger partial charge < -0.3 is 11.1 Å². The fourth-order valence-electron chi connectivity index (χ4n) is 2.03. The number of nitrogens with one attached hydrogen (secondary N) is 1. The van der Waals surface area contributed by atoms with E-state index in [2.05, 4.69) is 15.4 Å². The van der Waals surface area contributed by atoms with E-state index in [-0.39, 0.29) is 11.9 Å². The number of hydrogen-bond donors (Lipinski definition) is 2. The van der Waals surface area contributed by atoms with Gasteiger partial charge in [0.15, 0.2) is 5.82 Å². The van der Waals surface area contributed by atoms with Gasteiger partial charge in [-0.25, -0.2) is 9.67 Å². The van der Waals surface area contributed by atoms with Gasteiger partial charge in [-0.05, 0) is 45.4 Å². The van der Waals surface area contributed by atoms with Crippen molar-refractivity contribution in [3.63, 3.8) is 0 Å². The van der Waals surface area contributed by atoms with E-state index < -0.39 is 0 Å². The Bertz CT molecular complexity index is 615. The summed E-state index contributed by atoms with van der Waals surface area (Å²) in [6, 6.07) is 5.68.